The Labute approximate surface area is 123 Å². The van der Waals surface area contributed by atoms with Crippen molar-refractivity contribution in [2.75, 3.05) is 26.3 Å². The molecule has 0 bridgehead atoms. The standard InChI is InChI=1S/C16H30N2O2/c1-2-3-4-15(17)16(19)18-9-5-13(6-10-18)14-7-11-20-12-8-14/h13-15H,2-12,17H2,1H3/t15-/m1/s1. The maximum absolute atomic E-state index is 12.3. The second-order valence-corrected chi connectivity index (χ2v) is 6.36. The lowest BCUT2D eigenvalue weighted by Gasteiger charge is -2.38. The smallest absolute Gasteiger partial charge is 0.239 e. The number of ether oxygens (including phenoxy) is 1. The molecule has 0 radical (unpaired) electrons. The van der Waals surface area contributed by atoms with Crippen LogP contribution in [0.15, 0.2) is 0 Å². The first-order chi connectivity index (χ1) is 9.72. The van der Waals surface area contributed by atoms with Crippen molar-refractivity contribution >= 4 is 5.91 Å². The predicted octanol–water partition coefficient (Wildman–Crippen LogP) is 2.17. The normalized spacial score (nSPS) is 23.8. The highest BCUT2D eigenvalue weighted by molar-refractivity contribution is 5.81. The number of carbonyl (C=O) groups is 1. The van der Waals surface area contributed by atoms with Gasteiger partial charge in [-0.05, 0) is 43.9 Å². The molecule has 2 rings (SSSR count). The fourth-order valence-corrected chi connectivity index (χ4v) is 3.56. The molecule has 2 aliphatic heterocycles. The van der Waals surface area contributed by atoms with Crippen LogP contribution < -0.4 is 5.73 Å². The van der Waals surface area contributed by atoms with E-state index in [9.17, 15) is 4.79 Å². The molecule has 2 aliphatic rings. The number of nitrogens with zero attached hydrogens (tertiary/aromatic N) is 1. The van der Waals surface area contributed by atoms with Crippen LogP contribution in [0.25, 0.3) is 0 Å². The van der Waals surface area contributed by atoms with Gasteiger partial charge in [0.1, 0.15) is 0 Å². The Balaban J connectivity index is 1.74. The van der Waals surface area contributed by atoms with E-state index in [1.807, 2.05) is 4.90 Å². The molecule has 2 heterocycles. The molecule has 1 amide bonds. The minimum absolute atomic E-state index is 0.170. The van der Waals surface area contributed by atoms with Crippen molar-refractivity contribution in [3.63, 3.8) is 0 Å². The first-order valence-electron chi connectivity index (χ1n) is 8.34. The average Bonchev–Trinajstić information content (AvgIpc) is 2.53. The van der Waals surface area contributed by atoms with Gasteiger partial charge in [-0.3, -0.25) is 4.79 Å². The Hall–Kier alpha value is -0.610. The summed E-state index contributed by atoms with van der Waals surface area (Å²) < 4.78 is 5.44. The molecule has 116 valence electrons. The van der Waals surface area contributed by atoms with Gasteiger partial charge in [0.15, 0.2) is 0 Å². The highest BCUT2D eigenvalue weighted by Crippen LogP contribution is 2.31. The summed E-state index contributed by atoms with van der Waals surface area (Å²) in [6.07, 6.45) is 7.69. The van der Waals surface area contributed by atoms with Gasteiger partial charge < -0.3 is 15.4 Å². The third-order valence-electron chi connectivity index (χ3n) is 4.97. The molecule has 0 spiro atoms. The van der Waals surface area contributed by atoms with E-state index < -0.39 is 0 Å². The number of nitrogens with two attached hydrogens (primary N) is 1. The second kappa shape index (κ2) is 7.99. The fraction of sp³-hybridized carbons (Fsp3) is 0.938. The molecule has 0 unspecified atom stereocenters. The lowest BCUT2D eigenvalue weighted by molar-refractivity contribution is -0.134. The number of carbonyl (C=O) groups excluding carboxylic acids is 1. The maximum atomic E-state index is 12.3. The molecule has 1 atom stereocenters. The van der Waals surface area contributed by atoms with Gasteiger partial charge in [0.25, 0.3) is 0 Å². The van der Waals surface area contributed by atoms with Crippen molar-refractivity contribution in [2.45, 2.75) is 57.9 Å². The Morgan fingerprint density at radius 2 is 1.80 bits per heavy atom. The van der Waals surface area contributed by atoms with E-state index in [4.69, 9.17) is 10.5 Å². The third-order valence-corrected chi connectivity index (χ3v) is 4.97. The SMILES string of the molecule is CCCC[C@@H](N)C(=O)N1CCC(C2CCOCC2)CC1. The lowest BCUT2D eigenvalue weighted by atomic mass is 9.80. The summed E-state index contributed by atoms with van der Waals surface area (Å²) in [5.41, 5.74) is 6.00. The van der Waals surface area contributed by atoms with Crippen LogP contribution in [-0.2, 0) is 9.53 Å². The molecular formula is C16H30N2O2. The van der Waals surface area contributed by atoms with E-state index in [2.05, 4.69) is 6.92 Å². The zero-order valence-electron chi connectivity index (χ0n) is 12.9. The van der Waals surface area contributed by atoms with E-state index in [1.165, 1.54) is 12.8 Å². The summed E-state index contributed by atoms with van der Waals surface area (Å²) in [5, 5.41) is 0. The number of likely N-dealkylation sites (tertiary alicyclic amines) is 1. The van der Waals surface area contributed by atoms with E-state index >= 15 is 0 Å². The molecule has 2 saturated heterocycles. The van der Waals surface area contributed by atoms with Crippen LogP contribution in [0.1, 0.15) is 51.9 Å². The fourth-order valence-electron chi connectivity index (χ4n) is 3.56. The summed E-state index contributed by atoms with van der Waals surface area (Å²) in [4.78, 5) is 14.3. The van der Waals surface area contributed by atoms with Crippen LogP contribution in [0, 0.1) is 11.8 Å². The van der Waals surface area contributed by atoms with Crippen molar-refractivity contribution in [3.05, 3.63) is 0 Å². The third kappa shape index (κ3) is 4.19. The van der Waals surface area contributed by atoms with Crippen LogP contribution in [0.4, 0.5) is 0 Å². The molecule has 2 N–H and O–H groups in total. The summed E-state index contributed by atoms with van der Waals surface area (Å²) >= 11 is 0. The maximum Gasteiger partial charge on any atom is 0.239 e. The minimum atomic E-state index is -0.283. The van der Waals surface area contributed by atoms with Gasteiger partial charge in [-0.15, -0.1) is 0 Å². The largest absolute Gasteiger partial charge is 0.381 e. The topological polar surface area (TPSA) is 55.6 Å². The molecular weight excluding hydrogens is 252 g/mol. The van der Waals surface area contributed by atoms with E-state index in [0.717, 1.165) is 70.2 Å². The van der Waals surface area contributed by atoms with Crippen LogP contribution >= 0.6 is 0 Å². The molecule has 2 fully saturated rings. The highest BCUT2D eigenvalue weighted by atomic mass is 16.5. The van der Waals surface area contributed by atoms with E-state index in [-0.39, 0.29) is 11.9 Å². The summed E-state index contributed by atoms with van der Waals surface area (Å²) in [7, 11) is 0. The van der Waals surface area contributed by atoms with Crippen LogP contribution in [0.3, 0.4) is 0 Å². The number of unbranched alkanes of at least 4 members (excludes halogenated alkanes) is 1. The monoisotopic (exact) mass is 282 g/mol. The van der Waals surface area contributed by atoms with Gasteiger partial charge in [-0.2, -0.15) is 0 Å². The van der Waals surface area contributed by atoms with Crippen molar-refractivity contribution < 1.29 is 9.53 Å². The van der Waals surface area contributed by atoms with Crippen molar-refractivity contribution in [2.24, 2.45) is 17.6 Å². The molecule has 0 saturated carbocycles. The minimum Gasteiger partial charge on any atom is -0.381 e. The quantitative estimate of drug-likeness (QED) is 0.841. The molecule has 0 aliphatic carbocycles. The van der Waals surface area contributed by atoms with Gasteiger partial charge in [0.05, 0.1) is 6.04 Å². The molecule has 20 heavy (non-hydrogen) atoms. The predicted molar refractivity (Wildman–Crippen MR) is 80.3 cm³/mol. The number of amides is 1. The Kier molecular flexibility index (Phi) is 6.30. The number of hydrogen-bond donors (Lipinski definition) is 1. The van der Waals surface area contributed by atoms with Gasteiger partial charge in [-0.25, -0.2) is 0 Å². The Bertz CT molecular complexity index is 295. The van der Waals surface area contributed by atoms with Gasteiger partial charge >= 0.3 is 0 Å². The molecule has 0 aromatic heterocycles. The van der Waals surface area contributed by atoms with Crippen LogP contribution in [0.5, 0.6) is 0 Å². The van der Waals surface area contributed by atoms with E-state index in [0.29, 0.717) is 0 Å². The van der Waals surface area contributed by atoms with Crippen molar-refractivity contribution in [1.29, 1.82) is 0 Å². The first-order valence-corrected chi connectivity index (χ1v) is 8.34. The van der Waals surface area contributed by atoms with Gasteiger partial charge in [0.2, 0.25) is 5.91 Å². The van der Waals surface area contributed by atoms with Crippen LogP contribution in [0.2, 0.25) is 0 Å². The zero-order valence-corrected chi connectivity index (χ0v) is 12.9. The van der Waals surface area contributed by atoms with Gasteiger partial charge in [0, 0.05) is 26.3 Å². The lowest BCUT2D eigenvalue weighted by Crippen LogP contribution is -2.48. The average molecular weight is 282 g/mol. The summed E-state index contributed by atoms with van der Waals surface area (Å²) in [6.45, 7) is 5.79. The molecule has 4 nitrogen and oxygen atoms in total. The second-order valence-electron chi connectivity index (χ2n) is 6.36. The Morgan fingerprint density at radius 1 is 1.20 bits per heavy atom. The van der Waals surface area contributed by atoms with Crippen molar-refractivity contribution in [1.82, 2.24) is 4.90 Å². The number of piperidine rings is 1. The molecule has 4 heteroatoms. The number of hydrogen-bond acceptors (Lipinski definition) is 3. The molecule has 0 aromatic carbocycles. The Morgan fingerprint density at radius 3 is 2.40 bits per heavy atom. The number of rotatable bonds is 5. The summed E-state index contributed by atoms with van der Waals surface area (Å²) in [5.74, 6) is 1.77. The van der Waals surface area contributed by atoms with Gasteiger partial charge in [-0.1, -0.05) is 19.8 Å². The summed E-state index contributed by atoms with van der Waals surface area (Å²) in [6, 6.07) is -0.283. The highest BCUT2D eigenvalue weighted by Gasteiger charge is 2.30. The first kappa shape index (κ1) is 15.8. The zero-order chi connectivity index (χ0) is 14.4. The molecule has 0 aromatic rings. The van der Waals surface area contributed by atoms with E-state index in [1.54, 1.807) is 0 Å². The van der Waals surface area contributed by atoms with Crippen LogP contribution in [-0.4, -0.2) is 43.2 Å². The van der Waals surface area contributed by atoms with Crippen molar-refractivity contribution in [3.8, 4) is 0 Å².